The normalized spacial score (nSPS) is 11.1. The van der Waals surface area contributed by atoms with E-state index in [2.05, 4.69) is 0 Å². The van der Waals surface area contributed by atoms with Crippen molar-refractivity contribution in [1.29, 1.82) is 0 Å². The zero-order valence-corrected chi connectivity index (χ0v) is 14.1. The molecular weight excluding hydrogens is 314 g/mol. The molecule has 0 spiro atoms. The van der Waals surface area contributed by atoms with Crippen LogP contribution >= 0.6 is 0 Å². The molecule has 0 unspecified atom stereocenters. The lowest BCUT2D eigenvalue weighted by Crippen LogP contribution is -2.26. The van der Waals surface area contributed by atoms with Gasteiger partial charge in [-0.3, -0.25) is 4.79 Å². The largest absolute Gasteiger partial charge is 0.496 e. The van der Waals surface area contributed by atoms with Gasteiger partial charge in [-0.15, -0.1) is 0 Å². The number of carbonyl (C=O) groups is 1. The number of benzene rings is 2. The Hall–Kier alpha value is -2.34. The average Bonchev–Trinajstić information content (AvgIpc) is 2.54. The lowest BCUT2D eigenvalue weighted by atomic mass is 10.1. The van der Waals surface area contributed by atoms with Crippen LogP contribution in [0.4, 0.5) is 0 Å². The summed E-state index contributed by atoms with van der Waals surface area (Å²) < 4.78 is 28.2. The first-order chi connectivity index (χ1) is 10.8. The molecule has 122 valence electrons. The van der Waals surface area contributed by atoms with Gasteiger partial charge in [-0.05, 0) is 30.3 Å². The molecule has 23 heavy (non-hydrogen) atoms. The van der Waals surface area contributed by atoms with Crippen molar-refractivity contribution in [3.63, 3.8) is 0 Å². The fourth-order valence-electron chi connectivity index (χ4n) is 2.23. The van der Waals surface area contributed by atoms with Gasteiger partial charge in [0, 0.05) is 31.0 Å². The van der Waals surface area contributed by atoms with Crippen LogP contribution in [0.5, 0.6) is 5.75 Å². The van der Waals surface area contributed by atoms with Gasteiger partial charge in [0.1, 0.15) is 5.75 Å². The lowest BCUT2D eigenvalue weighted by Gasteiger charge is -2.19. The number of carbonyl (C=O) groups excluding carboxylic acids is 1. The Labute approximate surface area is 136 Å². The van der Waals surface area contributed by atoms with Crippen LogP contribution in [0.15, 0.2) is 53.4 Å². The number of methoxy groups -OCH3 is 1. The summed E-state index contributed by atoms with van der Waals surface area (Å²) in [6.45, 7) is 0.399. The Bertz CT molecular complexity index is 798. The van der Waals surface area contributed by atoms with E-state index in [4.69, 9.17) is 4.74 Å². The number of para-hydroxylation sites is 1. The van der Waals surface area contributed by atoms with Crippen molar-refractivity contribution in [2.45, 2.75) is 11.4 Å². The first kappa shape index (κ1) is 17.0. The van der Waals surface area contributed by atoms with E-state index in [1.165, 1.54) is 24.3 Å². The fraction of sp³-hybridized carbons (Fsp3) is 0.235. The molecule has 0 bridgehead atoms. The zero-order chi connectivity index (χ0) is 17.0. The van der Waals surface area contributed by atoms with Crippen molar-refractivity contribution < 1.29 is 17.9 Å². The molecule has 0 N–H and O–H groups in total. The third kappa shape index (κ3) is 4.10. The van der Waals surface area contributed by atoms with Gasteiger partial charge in [-0.25, -0.2) is 8.42 Å². The molecule has 2 aromatic rings. The van der Waals surface area contributed by atoms with E-state index in [-0.39, 0.29) is 10.8 Å². The maximum absolute atomic E-state index is 12.4. The smallest absolute Gasteiger partial charge is 0.253 e. The second-order valence-electron chi connectivity index (χ2n) is 5.27. The van der Waals surface area contributed by atoms with Gasteiger partial charge in [-0.2, -0.15) is 0 Å². The number of hydrogen-bond acceptors (Lipinski definition) is 4. The topological polar surface area (TPSA) is 63.7 Å². The van der Waals surface area contributed by atoms with Crippen LogP contribution in [0.3, 0.4) is 0 Å². The molecule has 0 saturated carbocycles. The Morgan fingerprint density at radius 1 is 1.09 bits per heavy atom. The van der Waals surface area contributed by atoms with Gasteiger partial charge in [-0.1, -0.05) is 18.2 Å². The van der Waals surface area contributed by atoms with Gasteiger partial charge >= 0.3 is 0 Å². The molecule has 6 heteroatoms. The molecule has 2 aromatic carbocycles. The number of amides is 1. The van der Waals surface area contributed by atoms with Crippen molar-refractivity contribution in [3.05, 3.63) is 59.7 Å². The predicted octanol–water partition coefficient (Wildman–Crippen LogP) is 2.37. The maximum Gasteiger partial charge on any atom is 0.253 e. The van der Waals surface area contributed by atoms with Gasteiger partial charge in [0.2, 0.25) is 0 Å². The molecule has 0 heterocycles. The number of hydrogen-bond donors (Lipinski definition) is 0. The van der Waals surface area contributed by atoms with Crippen LogP contribution in [-0.2, 0) is 16.4 Å². The first-order valence-electron chi connectivity index (χ1n) is 7.00. The van der Waals surface area contributed by atoms with E-state index >= 15 is 0 Å². The highest BCUT2D eigenvalue weighted by atomic mass is 32.2. The van der Waals surface area contributed by atoms with Crippen LogP contribution in [0, 0.1) is 0 Å². The summed E-state index contributed by atoms with van der Waals surface area (Å²) in [5.74, 6) is 0.538. The third-order valence-corrected chi connectivity index (χ3v) is 4.60. The van der Waals surface area contributed by atoms with Crippen LogP contribution in [-0.4, -0.2) is 39.6 Å². The van der Waals surface area contributed by atoms with Crippen LogP contribution < -0.4 is 4.74 Å². The maximum atomic E-state index is 12.4. The summed E-state index contributed by atoms with van der Waals surface area (Å²) in [4.78, 5) is 14.2. The lowest BCUT2D eigenvalue weighted by molar-refractivity contribution is 0.0784. The summed E-state index contributed by atoms with van der Waals surface area (Å²) in [5, 5.41) is 0. The van der Waals surface area contributed by atoms with E-state index in [1.54, 1.807) is 19.1 Å². The quantitative estimate of drug-likeness (QED) is 0.843. The minimum atomic E-state index is -3.26. The molecule has 0 aliphatic rings. The summed E-state index contributed by atoms with van der Waals surface area (Å²) in [6.07, 6.45) is 1.14. The van der Waals surface area contributed by atoms with Gasteiger partial charge in [0.05, 0.1) is 12.0 Å². The van der Waals surface area contributed by atoms with Crippen LogP contribution in [0.2, 0.25) is 0 Å². The molecule has 1 amide bonds. The van der Waals surface area contributed by atoms with Gasteiger partial charge in [0.25, 0.3) is 5.91 Å². The Morgan fingerprint density at radius 2 is 1.70 bits per heavy atom. The minimum absolute atomic E-state index is 0.184. The summed E-state index contributed by atoms with van der Waals surface area (Å²) >= 11 is 0. The Morgan fingerprint density at radius 3 is 2.26 bits per heavy atom. The summed E-state index contributed by atoms with van der Waals surface area (Å²) in [6, 6.07) is 13.4. The molecular formula is C17H19NO4S. The monoisotopic (exact) mass is 333 g/mol. The fourth-order valence-corrected chi connectivity index (χ4v) is 2.86. The van der Waals surface area contributed by atoms with Crippen molar-refractivity contribution in [3.8, 4) is 5.75 Å². The van der Waals surface area contributed by atoms with E-state index in [0.29, 0.717) is 12.1 Å². The molecule has 2 rings (SSSR count). The standard InChI is InChI=1S/C17H19NO4S/c1-18(12-14-6-4-5-7-16(14)22-2)17(19)13-8-10-15(11-9-13)23(3,20)21/h4-11H,12H2,1-3H3. The van der Waals surface area contributed by atoms with E-state index < -0.39 is 9.84 Å². The van der Waals surface area contributed by atoms with E-state index in [1.807, 2.05) is 24.3 Å². The summed E-state index contributed by atoms with van der Waals surface area (Å²) in [7, 11) is 0.0170. The molecule has 0 fully saturated rings. The van der Waals surface area contributed by atoms with Crippen molar-refractivity contribution in [1.82, 2.24) is 4.90 Å². The van der Waals surface area contributed by atoms with Crippen molar-refractivity contribution in [2.75, 3.05) is 20.4 Å². The molecule has 0 saturated heterocycles. The molecule has 0 radical (unpaired) electrons. The second kappa shape index (κ2) is 6.83. The van der Waals surface area contributed by atoms with Gasteiger partial charge in [0.15, 0.2) is 9.84 Å². The molecule has 0 aromatic heterocycles. The number of nitrogens with zero attached hydrogens (tertiary/aromatic N) is 1. The summed E-state index contributed by atoms with van der Waals surface area (Å²) in [5.41, 5.74) is 1.34. The van der Waals surface area contributed by atoms with Gasteiger partial charge < -0.3 is 9.64 Å². The Balaban J connectivity index is 2.16. The average molecular weight is 333 g/mol. The SMILES string of the molecule is COc1ccccc1CN(C)C(=O)c1ccc(S(C)(=O)=O)cc1. The predicted molar refractivity (Wildman–Crippen MR) is 88.3 cm³/mol. The molecule has 0 atom stereocenters. The van der Waals surface area contributed by atoms with Crippen LogP contribution in [0.25, 0.3) is 0 Å². The Kier molecular flexibility index (Phi) is 5.05. The van der Waals surface area contributed by atoms with Crippen molar-refractivity contribution in [2.24, 2.45) is 0 Å². The van der Waals surface area contributed by atoms with E-state index in [0.717, 1.165) is 17.6 Å². The molecule has 0 aliphatic carbocycles. The first-order valence-corrected chi connectivity index (χ1v) is 8.89. The number of ether oxygens (including phenoxy) is 1. The van der Waals surface area contributed by atoms with E-state index in [9.17, 15) is 13.2 Å². The highest BCUT2D eigenvalue weighted by Crippen LogP contribution is 2.20. The number of sulfone groups is 1. The van der Waals surface area contributed by atoms with Crippen LogP contribution in [0.1, 0.15) is 15.9 Å². The highest BCUT2D eigenvalue weighted by molar-refractivity contribution is 7.90. The minimum Gasteiger partial charge on any atom is -0.496 e. The molecule has 5 nitrogen and oxygen atoms in total. The van der Waals surface area contributed by atoms with Crippen molar-refractivity contribution >= 4 is 15.7 Å². The second-order valence-corrected chi connectivity index (χ2v) is 7.29. The zero-order valence-electron chi connectivity index (χ0n) is 13.3. The number of rotatable bonds is 5. The highest BCUT2D eigenvalue weighted by Gasteiger charge is 2.15. The third-order valence-electron chi connectivity index (χ3n) is 3.48. The molecule has 0 aliphatic heterocycles.